The second-order valence-corrected chi connectivity index (χ2v) is 10.2. The Morgan fingerprint density at radius 3 is 1.30 bits per heavy atom. The first kappa shape index (κ1) is 31.7. The Bertz CT molecular complexity index is 1360. The van der Waals surface area contributed by atoms with Crippen molar-refractivity contribution < 1.29 is 19.1 Å². The minimum Gasteiger partial charge on any atom is -0.489 e. The SMILES string of the molecule is O=C(CCCCCCC(=O)NN=Cc1ccc(OCc2ccccc2)cc1)NN=Cc1ccc(OCc2ccccc2)cc1. The molecule has 0 saturated carbocycles. The molecule has 0 aromatic heterocycles. The van der Waals surface area contributed by atoms with Gasteiger partial charge in [-0.1, -0.05) is 73.5 Å². The summed E-state index contributed by atoms with van der Waals surface area (Å²) in [5.41, 5.74) is 9.07. The summed E-state index contributed by atoms with van der Waals surface area (Å²) in [5.74, 6) is 1.28. The third-order valence-corrected chi connectivity index (χ3v) is 6.62. The highest BCUT2D eigenvalue weighted by Gasteiger charge is 2.03. The summed E-state index contributed by atoms with van der Waals surface area (Å²) in [5, 5.41) is 8.08. The van der Waals surface area contributed by atoms with Crippen molar-refractivity contribution in [1.82, 2.24) is 10.9 Å². The van der Waals surface area contributed by atoms with E-state index in [-0.39, 0.29) is 11.8 Å². The van der Waals surface area contributed by atoms with Crippen molar-refractivity contribution >= 4 is 24.2 Å². The zero-order valence-electron chi connectivity index (χ0n) is 24.7. The van der Waals surface area contributed by atoms with Gasteiger partial charge >= 0.3 is 0 Å². The Morgan fingerprint density at radius 1 is 0.523 bits per heavy atom. The zero-order chi connectivity index (χ0) is 30.7. The first-order chi connectivity index (χ1) is 21.6. The maximum atomic E-state index is 12.1. The largest absolute Gasteiger partial charge is 0.489 e. The Hall–Kier alpha value is -5.24. The molecule has 0 unspecified atom stereocenters. The Kier molecular flexibility index (Phi) is 13.2. The number of hydrogen-bond acceptors (Lipinski definition) is 6. The quantitative estimate of drug-likeness (QED) is 0.0804. The van der Waals surface area contributed by atoms with E-state index in [1.54, 1.807) is 12.4 Å². The minimum absolute atomic E-state index is 0.132. The summed E-state index contributed by atoms with van der Waals surface area (Å²) >= 11 is 0. The van der Waals surface area contributed by atoms with Crippen LogP contribution >= 0.6 is 0 Å². The van der Waals surface area contributed by atoms with Crippen molar-refractivity contribution in [2.75, 3.05) is 0 Å². The molecule has 0 spiro atoms. The second kappa shape index (κ2) is 18.3. The van der Waals surface area contributed by atoms with Crippen molar-refractivity contribution in [2.24, 2.45) is 10.2 Å². The number of amides is 2. The molecule has 0 bridgehead atoms. The monoisotopic (exact) mass is 590 g/mol. The lowest BCUT2D eigenvalue weighted by Gasteiger charge is -2.06. The van der Waals surface area contributed by atoms with Crippen LogP contribution < -0.4 is 20.3 Å². The number of hydrogen-bond donors (Lipinski definition) is 2. The van der Waals surface area contributed by atoms with Crippen LogP contribution in [0.5, 0.6) is 11.5 Å². The molecule has 0 fully saturated rings. The number of nitrogens with zero attached hydrogens (tertiary/aromatic N) is 2. The number of carbonyl (C=O) groups excluding carboxylic acids is 2. The number of carbonyl (C=O) groups is 2. The Balaban J connectivity index is 1.01. The van der Waals surface area contributed by atoms with Crippen LogP contribution in [0.4, 0.5) is 0 Å². The fourth-order valence-corrected chi connectivity index (χ4v) is 4.18. The molecule has 0 heterocycles. The summed E-state index contributed by atoms with van der Waals surface area (Å²) in [7, 11) is 0. The van der Waals surface area contributed by atoms with Gasteiger partial charge in [0.05, 0.1) is 12.4 Å². The number of hydrazone groups is 2. The fraction of sp³-hybridized carbons (Fsp3) is 0.222. The average molecular weight is 591 g/mol. The van der Waals surface area contributed by atoms with Gasteiger partial charge in [0.15, 0.2) is 0 Å². The van der Waals surface area contributed by atoms with Crippen LogP contribution in [-0.2, 0) is 22.8 Å². The summed E-state index contributed by atoms with van der Waals surface area (Å²) in [6.07, 6.45) is 7.17. The standard InChI is InChI=1S/C36H38N4O4/c41-35(39-37-25-29-17-21-33(22-18-29)43-27-31-11-5-3-6-12-31)15-9-1-2-10-16-36(42)40-38-26-30-19-23-34(24-20-30)44-28-32-13-7-4-8-14-32/h3-8,11-14,17-26H,1-2,9-10,15-16,27-28H2,(H,39,41)(H,40,42). The van der Waals surface area contributed by atoms with E-state index in [2.05, 4.69) is 21.1 Å². The van der Waals surface area contributed by atoms with Crippen LogP contribution in [0.3, 0.4) is 0 Å². The van der Waals surface area contributed by atoms with Gasteiger partial charge in [-0.25, -0.2) is 10.9 Å². The molecule has 0 radical (unpaired) electrons. The molecule has 0 saturated heterocycles. The number of unbranched alkanes of at least 4 members (excludes halogenated alkanes) is 3. The predicted molar refractivity (Wildman–Crippen MR) is 174 cm³/mol. The molecular formula is C36H38N4O4. The number of benzene rings is 4. The first-order valence-corrected chi connectivity index (χ1v) is 14.8. The van der Waals surface area contributed by atoms with E-state index in [1.165, 1.54) is 0 Å². The van der Waals surface area contributed by atoms with Gasteiger partial charge in [0.2, 0.25) is 11.8 Å². The van der Waals surface area contributed by atoms with E-state index >= 15 is 0 Å². The van der Waals surface area contributed by atoms with Crippen LogP contribution in [0.2, 0.25) is 0 Å². The molecule has 2 amide bonds. The molecule has 44 heavy (non-hydrogen) atoms. The van der Waals surface area contributed by atoms with E-state index in [0.717, 1.165) is 59.4 Å². The molecular weight excluding hydrogens is 552 g/mol. The smallest absolute Gasteiger partial charge is 0.240 e. The van der Waals surface area contributed by atoms with Crippen molar-refractivity contribution in [1.29, 1.82) is 0 Å². The summed E-state index contributed by atoms with van der Waals surface area (Å²) < 4.78 is 11.6. The predicted octanol–water partition coefficient (Wildman–Crippen LogP) is 6.79. The van der Waals surface area contributed by atoms with Gasteiger partial charge in [0.1, 0.15) is 24.7 Å². The minimum atomic E-state index is -0.132. The Labute approximate surface area is 258 Å². The Morgan fingerprint density at radius 2 is 0.909 bits per heavy atom. The van der Waals surface area contributed by atoms with Gasteiger partial charge in [-0.15, -0.1) is 0 Å². The fourth-order valence-electron chi connectivity index (χ4n) is 4.18. The van der Waals surface area contributed by atoms with Crippen molar-refractivity contribution in [3.8, 4) is 11.5 Å². The highest BCUT2D eigenvalue weighted by atomic mass is 16.5. The van der Waals surface area contributed by atoms with E-state index < -0.39 is 0 Å². The summed E-state index contributed by atoms with van der Waals surface area (Å²) in [6, 6.07) is 35.0. The highest BCUT2D eigenvalue weighted by molar-refractivity contribution is 5.83. The first-order valence-electron chi connectivity index (χ1n) is 14.8. The summed E-state index contributed by atoms with van der Waals surface area (Å²) in [6.45, 7) is 1.02. The van der Waals surface area contributed by atoms with Gasteiger partial charge in [-0.05, 0) is 83.6 Å². The maximum absolute atomic E-state index is 12.1. The molecule has 2 N–H and O–H groups in total. The maximum Gasteiger partial charge on any atom is 0.240 e. The van der Waals surface area contributed by atoms with E-state index in [9.17, 15) is 9.59 Å². The van der Waals surface area contributed by atoms with Crippen LogP contribution in [0.25, 0.3) is 0 Å². The molecule has 226 valence electrons. The number of nitrogens with one attached hydrogen (secondary N) is 2. The van der Waals surface area contributed by atoms with Crippen LogP contribution in [0.15, 0.2) is 119 Å². The van der Waals surface area contributed by atoms with Gasteiger partial charge < -0.3 is 9.47 Å². The topological polar surface area (TPSA) is 101 Å². The van der Waals surface area contributed by atoms with Gasteiger partial charge in [-0.3, -0.25) is 9.59 Å². The molecule has 8 heteroatoms. The van der Waals surface area contributed by atoms with Crippen molar-refractivity contribution in [3.63, 3.8) is 0 Å². The van der Waals surface area contributed by atoms with Gasteiger partial charge in [0.25, 0.3) is 0 Å². The molecule has 8 nitrogen and oxygen atoms in total. The number of ether oxygens (including phenoxy) is 2. The van der Waals surface area contributed by atoms with Crippen molar-refractivity contribution in [3.05, 3.63) is 131 Å². The molecule has 0 atom stereocenters. The van der Waals surface area contributed by atoms with Crippen LogP contribution in [-0.4, -0.2) is 24.2 Å². The van der Waals surface area contributed by atoms with E-state index in [4.69, 9.17) is 9.47 Å². The van der Waals surface area contributed by atoms with Crippen LogP contribution in [0.1, 0.15) is 60.8 Å². The molecule has 0 aliphatic heterocycles. The lowest BCUT2D eigenvalue weighted by Crippen LogP contribution is -2.17. The zero-order valence-corrected chi connectivity index (χ0v) is 24.7. The molecule has 4 aromatic rings. The molecule has 0 aliphatic rings. The lowest BCUT2D eigenvalue weighted by atomic mass is 10.1. The normalized spacial score (nSPS) is 11.0. The van der Waals surface area contributed by atoms with E-state index in [0.29, 0.717) is 26.1 Å². The van der Waals surface area contributed by atoms with Crippen molar-refractivity contribution in [2.45, 2.75) is 51.7 Å². The lowest BCUT2D eigenvalue weighted by molar-refractivity contribution is -0.122. The highest BCUT2D eigenvalue weighted by Crippen LogP contribution is 2.15. The third-order valence-electron chi connectivity index (χ3n) is 6.62. The van der Waals surface area contributed by atoms with Gasteiger partial charge in [0, 0.05) is 12.8 Å². The molecule has 0 aliphatic carbocycles. The molecule has 4 aromatic carbocycles. The van der Waals surface area contributed by atoms with Gasteiger partial charge in [-0.2, -0.15) is 10.2 Å². The second-order valence-electron chi connectivity index (χ2n) is 10.2. The van der Waals surface area contributed by atoms with E-state index in [1.807, 2.05) is 109 Å². The number of rotatable bonds is 17. The average Bonchev–Trinajstić information content (AvgIpc) is 3.06. The summed E-state index contributed by atoms with van der Waals surface area (Å²) in [4.78, 5) is 24.1. The molecule has 4 rings (SSSR count). The van der Waals surface area contributed by atoms with Crippen LogP contribution in [0, 0.1) is 0 Å². The third kappa shape index (κ3) is 12.3.